The fourth-order valence-corrected chi connectivity index (χ4v) is 0.687. The van der Waals surface area contributed by atoms with Gasteiger partial charge in [0.25, 0.3) is 0 Å². The highest BCUT2D eigenvalue weighted by molar-refractivity contribution is 4.80. The minimum Gasteiger partial charge on any atom is -0.539 e. The maximum absolute atomic E-state index is 10.4. The third-order valence-electron chi connectivity index (χ3n) is 1.23. The summed E-state index contributed by atoms with van der Waals surface area (Å²) in [5, 5.41) is 13.9. The summed E-state index contributed by atoms with van der Waals surface area (Å²) < 4.78 is 5.84. The predicted octanol–water partition coefficient (Wildman–Crippen LogP) is -0.164. The van der Waals surface area contributed by atoms with Crippen LogP contribution in [-0.2, 0) is 6.54 Å². The Balaban J connectivity index is 2.42. The topological polar surface area (TPSA) is 53.0 Å². The number of nitrogens with zero attached hydrogens (tertiary/aromatic N) is 2. The van der Waals surface area contributed by atoms with Gasteiger partial charge in [-0.15, -0.1) is 0 Å². The van der Waals surface area contributed by atoms with E-state index in [0.717, 1.165) is 19.4 Å². The van der Waals surface area contributed by atoms with Gasteiger partial charge in [-0.1, -0.05) is 18.0 Å². The maximum atomic E-state index is 10.4. The quantitative estimate of drug-likeness (QED) is 0.551. The van der Waals surface area contributed by atoms with E-state index in [1.54, 1.807) is 0 Å². The van der Waals surface area contributed by atoms with E-state index >= 15 is 0 Å². The molecule has 1 rings (SSSR count). The lowest BCUT2D eigenvalue weighted by atomic mass is 10.3. The zero-order chi connectivity index (χ0) is 7.40. The van der Waals surface area contributed by atoms with Crippen molar-refractivity contribution in [3.8, 4) is 5.95 Å². The van der Waals surface area contributed by atoms with Crippen LogP contribution in [-0.4, -0.2) is 5.27 Å². The van der Waals surface area contributed by atoms with E-state index in [1.807, 2.05) is 0 Å². The van der Waals surface area contributed by atoms with Crippen LogP contribution in [0.2, 0.25) is 0 Å². The first kappa shape index (κ1) is 7.05. The molecule has 0 aliphatic rings. The zero-order valence-electron chi connectivity index (χ0n) is 5.91. The highest BCUT2D eigenvalue weighted by Crippen LogP contribution is 1.93. The van der Waals surface area contributed by atoms with Crippen molar-refractivity contribution in [2.45, 2.75) is 26.3 Å². The van der Waals surface area contributed by atoms with Crippen molar-refractivity contribution >= 4 is 0 Å². The molecule has 1 heterocycles. The Labute approximate surface area is 59.0 Å². The van der Waals surface area contributed by atoms with Crippen LogP contribution in [0.25, 0.3) is 0 Å². The molecule has 0 bridgehead atoms. The molecule has 0 radical (unpaired) electrons. The van der Waals surface area contributed by atoms with Crippen LogP contribution in [0, 0.1) is 0 Å². The van der Waals surface area contributed by atoms with Gasteiger partial charge in [-0.3, -0.25) is 0 Å². The Bertz CT molecular complexity index is 197. The van der Waals surface area contributed by atoms with Gasteiger partial charge in [0.15, 0.2) is 6.54 Å². The Morgan fingerprint density at radius 2 is 2.60 bits per heavy atom. The van der Waals surface area contributed by atoms with Gasteiger partial charge in [0.1, 0.15) is 5.95 Å². The Morgan fingerprint density at radius 3 is 3.10 bits per heavy atom. The van der Waals surface area contributed by atoms with Gasteiger partial charge in [0.2, 0.25) is 6.20 Å². The zero-order valence-corrected chi connectivity index (χ0v) is 5.91. The molecule has 56 valence electrons. The van der Waals surface area contributed by atoms with E-state index in [1.165, 1.54) is 10.9 Å². The minimum absolute atomic E-state index is 0.379. The van der Waals surface area contributed by atoms with E-state index in [2.05, 4.69) is 16.7 Å². The molecule has 0 atom stereocenters. The van der Waals surface area contributed by atoms with Crippen LogP contribution in [0.4, 0.5) is 0 Å². The number of hydrogen-bond donors (Lipinski definition) is 0. The minimum atomic E-state index is -0.379. The fourth-order valence-electron chi connectivity index (χ4n) is 0.687. The molecular weight excluding hydrogens is 132 g/mol. The van der Waals surface area contributed by atoms with Crippen molar-refractivity contribution in [2.75, 3.05) is 0 Å². The lowest BCUT2D eigenvalue weighted by Crippen LogP contribution is -2.34. The molecule has 0 unspecified atom stereocenters. The van der Waals surface area contributed by atoms with Crippen molar-refractivity contribution in [3.05, 3.63) is 6.20 Å². The molecule has 1 aromatic rings. The number of unbranched alkanes of at least 4 members (excludes halogenated alkanes) is 1. The third-order valence-corrected chi connectivity index (χ3v) is 1.23. The molecule has 4 heteroatoms. The maximum Gasteiger partial charge on any atom is 0.221 e. The fraction of sp³-hybridized carbons (Fsp3) is 0.667. The Morgan fingerprint density at radius 1 is 1.80 bits per heavy atom. The van der Waals surface area contributed by atoms with Crippen LogP contribution in [0.1, 0.15) is 19.8 Å². The van der Waals surface area contributed by atoms with Gasteiger partial charge in [-0.2, -0.15) is 0 Å². The van der Waals surface area contributed by atoms with E-state index < -0.39 is 0 Å². The second kappa shape index (κ2) is 3.20. The lowest BCUT2D eigenvalue weighted by Gasteiger charge is -1.84. The van der Waals surface area contributed by atoms with Crippen LogP contribution >= 0.6 is 0 Å². The average Bonchev–Trinajstić information content (AvgIpc) is 2.31. The molecule has 0 spiro atoms. The Hall–Kier alpha value is -1.06. The summed E-state index contributed by atoms with van der Waals surface area (Å²) in [5.41, 5.74) is 0. The van der Waals surface area contributed by atoms with Gasteiger partial charge < -0.3 is 9.63 Å². The van der Waals surface area contributed by atoms with E-state index in [-0.39, 0.29) is 5.95 Å². The van der Waals surface area contributed by atoms with Crippen LogP contribution in [0.15, 0.2) is 10.7 Å². The normalized spacial score (nSPS) is 10.1. The number of aromatic nitrogens is 2. The summed E-state index contributed by atoms with van der Waals surface area (Å²) in [7, 11) is 0. The number of rotatable bonds is 3. The molecule has 4 nitrogen and oxygen atoms in total. The molecule has 0 saturated carbocycles. The smallest absolute Gasteiger partial charge is 0.221 e. The number of aryl methyl sites for hydroxylation is 1. The molecule has 0 fully saturated rings. The van der Waals surface area contributed by atoms with Crippen molar-refractivity contribution in [1.82, 2.24) is 5.27 Å². The first-order chi connectivity index (χ1) is 4.83. The molecule has 10 heavy (non-hydrogen) atoms. The Kier molecular flexibility index (Phi) is 2.25. The van der Waals surface area contributed by atoms with Gasteiger partial charge in [-0.25, -0.2) is 0 Å². The monoisotopic (exact) mass is 142 g/mol. The van der Waals surface area contributed by atoms with Gasteiger partial charge >= 0.3 is 0 Å². The summed E-state index contributed by atoms with van der Waals surface area (Å²) in [4.78, 5) is 0. The molecule has 0 N–H and O–H groups in total. The van der Waals surface area contributed by atoms with Crippen molar-refractivity contribution in [1.29, 1.82) is 0 Å². The number of hydrogen-bond acceptors (Lipinski definition) is 3. The summed E-state index contributed by atoms with van der Waals surface area (Å²) in [6, 6.07) is 0. The molecule has 0 amide bonds. The van der Waals surface area contributed by atoms with Crippen molar-refractivity contribution < 1.29 is 14.3 Å². The molecular formula is C6H10N2O2. The molecule has 1 aromatic heterocycles. The van der Waals surface area contributed by atoms with Gasteiger partial charge in [-0.05, 0) is 0 Å². The molecule has 0 aliphatic carbocycles. The summed E-state index contributed by atoms with van der Waals surface area (Å²) in [6.07, 6.45) is 3.47. The summed E-state index contributed by atoms with van der Waals surface area (Å²) in [5.74, 6) is -0.379. The van der Waals surface area contributed by atoms with Crippen molar-refractivity contribution in [3.63, 3.8) is 0 Å². The van der Waals surface area contributed by atoms with Gasteiger partial charge in [0.05, 0.1) is 5.27 Å². The summed E-state index contributed by atoms with van der Waals surface area (Å²) >= 11 is 0. The second-order valence-corrected chi connectivity index (χ2v) is 2.14. The van der Waals surface area contributed by atoms with Crippen molar-refractivity contribution in [2.24, 2.45) is 0 Å². The largest absolute Gasteiger partial charge is 0.539 e. The first-order valence-electron chi connectivity index (χ1n) is 3.36. The first-order valence-corrected chi connectivity index (χ1v) is 3.36. The van der Waals surface area contributed by atoms with Crippen LogP contribution in [0.5, 0.6) is 5.95 Å². The van der Waals surface area contributed by atoms with E-state index in [9.17, 15) is 5.11 Å². The molecule has 0 aromatic carbocycles. The second-order valence-electron chi connectivity index (χ2n) is 2.14. The van der Waals surface area contributed by atoms with Gasteiger partial charge in [0, 0.05) is 6.42 Å². The molecule has 0 saturated heterocycles. The summed E-state index contributed by atoms with van der Waals surface area (Å²) in [6.45, 7) is 2.85. The lowest BCUT2D eigenvalue weighted by molar-refractivity contribution is -0.762. The van der Waals surface area contributed by atoms with Crippen LogP contribution < -0.4 is 9.79 Å². The SMILES string of the molecule is CCCC[n+]1cc([O-])on1. The highest BCUT2D eigenvalue weighted by atomic mass is 16.6. The standard InChI is InChI=1S/C6H10N2O2/c1-2-3-4-8-5-6(9)10-7-8/h5H,2-4H2,1H3. The third kappa shape index (κ3) is 1.72. The highest BCUT2D eigenvalue weighted by Gasteiger charge is 2.00. The average molecular weight is 142 g/mol. The molecule has 0 aliphatic heterocycles. The van der Waals surface area contributed by atoms with E-state index in [4.69, 9.17) is 0 Å². The van der Waals surface area contributed by atoms with Crippen LogP contribution in [0.3, 0.4) is 0 Å². The predicted molar refractivity (Wildman–Crippen MR) is 31.1 cm³/mol. The van der Waals surface area contributed by atoms with E-state index in [0.29, 0.717) is 0 Å².